The standard InChI is InChI=1S/C26H23ClFN3O3/c1-30(26(33)18-9-13-20(34-2)14-10-18)16-25(32)31-24(17-7-11-19(27)12-8-17)15-23(29-31)21-5-3-4-6-22(21)28/h3-14,24H,15-16H2,1-2H3. The molecule has 0 aromatic heterocycles. The van der Waals surface area contributed by atoms with Gasteiger partial charge in [-0.1, -0.05) is 41.9 Å². The van der Waals surface area contributed by atoms with Gasteiger partial charge in [0.25, 0.3) is 11.8 Å². The molecule has 4 rings (SSSR count). The lowest BCUT2D eigenvalue weighted by atomic mass is 9.98. The van der Waals surface area contributed by atoms with Crippen LogP contribution in [-0.2, 0) is 4.79 Å². The Morgan fingerprint density at radius 3 is 2.41 bits per heavy atom. The van der Waals surface area contributed by atoms with E-state index >= 15 is 0 Å². The van der Waals surface area contributed by atoms with Gasteiger partial charge in [-0.25, -0.2) is 9.40 Å². The van der Waals surface area contributed by atoms with Gasteiger partial charge >= 0.3 is 0 Å². The van der Waals surface area contributed by atoms with Gasteiger partial charge in [0.1, 0.15) is 18.1 Å². The molecule has 0 spiro atoms. The third kappa shape index (κ3) is 4.94. The Labute approximate surface area is 202 Å². The first kappa shape index (κ1) is 23.4. The molecule has 6 nitrogen and oxygen atoms in total. The number of nitrogens with zero attached hydrogens (tertiary/aromatic N) is 3. The maximum absolute atomic E-state index is 14.4. The number of carbonyl (C=O) groups excluding carboxylic acids is 2. The summed E-state index contributed by atoms with van der Waals surface area (Å²) in [5, 5.41) is 6.39. The number of halogens is 2. The van der Waals surface area contributed by atoms with Crippen LogP contribution >= 0.6 is 11.6 Å². The van der Waals surface area contributed by atoms with Crippen LogP contribution in [0.4, 0.5) is 4.39 Å². The smallest absolute Gasteiger partial charge is 0.262 e. The van der Waals surface area contributed by atoms with Crippen LogP contribution in [0, 0.1) is 5.82 Å². The molecule has 1 aliphatic heterocycles. The number of carbonyl (C=O) groups is 2. The number of amides is 2. The van der Waals surface area contributed by atoms with E-state index in [0.717, 1.165) is 5.56 Å². The Bertz CT molecular complexity index is 1230. The maximum Gasteiger partial charge on any atom is 0.262 e. The van der Waals surface area contributed by atoms with Gasteiger partial charge in [0.05, 0.1) is 18.9 Å². The predicted octanol–water partition coefficient (Wildman–Crippen LogP) is 4.94. The Kier molecular flexibility index (Phi) is 6.93. The van der Waals surface area contributed by atoms with Crippen LogP contribution in [0.3, 0.4) is 0 Å². The number of ether oxygens (including phenoxy) is 1. The quantitative estimate of drug-likeness (QED) is 0.503. The lowest BCUT2D eigenvalue weighted by molar-refractivity contribution is -0.133. The average molecular weight is 480 g/mol. The SMILES string of the molecule is COc1ccc(C(=O)N(C)CC(=O)N2N=C(c3ccccc3F)CC2c2ccc(Cl)cc2)cc1. The van der Waals surface area contributed by atoms with Gasteiger partial charge in [-0.3, -0.25) is 9.59 Å². The molecule has 0 radical (unpaired) electrons. The number of rotatable bonds is 6. The monoisotopic (exact) mass is 479 g/mol. The molecule has 0 aliphatic carbocycles. The summed E-state index contributed by atoms with van der Waals surface area (Å²) in [6.07, 6.45) is 0.338. The van der Waals surface area contributed by atoms with Crippen LogP contribution in [0.2, 0.25) is 5.02 Å². The number of hydrazone groups is 1. The van der Waals surface area contributed by atoms with Crippen molar-refractivity contribution in [1.29, 1.82) is 0 Å². The van der Waals surface area contributed by atoms with Crippen molar-refractivity contribution in [3.05, 3.63) is 100 Å². The first-order valence-corrected chi connectivity index (χ1v) is 11.0. The van der Waals surface area contributed by atoms with Gasteiger partial charge in [-0.2, -0.15) is 5.10 Å². The Hall–Kier alpha value is -3.71. The Morgan fingerprint density at radius 1 is 1.09 bits per heavy atom. The molecule has 1 unspecified atom stereocenters. The van der Waals surface area contributed by atoms with Crippen molar-refractivity contribution in [2.24, 2.45) is 5.10 Å². The lowest BCUT2D eigenvalue weighted by Gasteiger charge is -2.25. The zero-order valence-corrected chi connectivity index (χ0v) is 19.5. The second-order valence-corrected chi connectivity index (χ2v) is 8.36. The molecule has 0 saturated heterocycles. The molecule has 34 heavy (non-hydrogen) atoms. The van der Waals surface area contributed by atoms with E-state index in [1.165, 1.54) is 16.0 Å². The fourth-order valence-corrected chi connectivity index (χ4v) is 3.97. The molecule has 0 fully saturated rings. The molecule has 2 amide bonds. The normalized spacial score (nSPS) is 15.1. The fraction of sp³-hybridized carbons (Fsp3) is 0.192. The minimum Gasteiger partial charge on any atom is -0.497 e. The average Bonchev–Trinajstić information content (AvgIpc) is 3.29. The molecule has 0 saturated carbocycles. The van der Waals surface area contributed by atoms with Gasteiger partial charge in [0.15, 0.2) is 0 Å². The van der Waals surface area contributed by atoms with Crippen LogP contribution in [0.25, 0.3) is 0 Å². The molecule has 174 valence electrons. The summed E-state index contributed by atoms with van der Waals surface area (Å²) in [4.78, 5) is 27.5. The highest BCUT2D eigenvalue weighted by atomic mass is 35.5. The van der Waals surface area contributed by atoms with Crippen molar-refractivity contribution in [3.63, 3.8) is 0 Å². The summed E-state index contributed by atoms with van der Waals surface area (Å²) in [7, 11) is 3.10. The zero-order valence-electron chi connectivity index (χ0n) is 18.7. The van der Waals surface area contributed by atoms with Crippen LogP contribution in [0.5, 0.6) is 5.75 Å². The summed E-state index contributed by atoms with van der Waals surface area (Å²) >= 11 is 6.03. The second-order valence-electron chi connectivity index (χ2n) is 7.93. The van der Waals surface area contributed by atoms with Crippen LogP contribution in [0.15, 0.2) is 77.9 Å². The van der Waals surface area contributed by atoms with Gasteiger partial charge in [-0.15, -0.1) is 0 Å². The van der Waals surface area contributed by atoms with E-state index in [9.17, 15) is 14.0 Å². The molecule has 0 N–H and O–H groups in total. The number of methoxy groups -OCH3 is 1. The molecule has 3 aromatic carbocycles. The second kappa shape index (κ2) is 10.1. The number of benzene rings is 3. The molecule has 3 aromatic rings. The van der Waals surface area contributed by atoms with E-state index in [1.54, 1.807) is 68.8 Å². The van der Waals surface area contributed by atoms with Gasteiger partial charge in [0, 0.05) is 29.6 Å². The van der Waals surface area contributed by atoms with Crippen molar-refractivity contribution in [2.75, 3.05) is 20.7 Å². The molecule has 8 heteroatoms. The minimum absolute atomic E-state index is 0.191. The third-order valence-corrected chi connectivity index (χ3v) is 5.91. The van der Waals surface area contributed by atoms with Gasteiger partial charge in [-0.05, 0) is 48.0 Å². The van der Waals surface area contributed by atoms with Gasteiger partial charge < -0.3 is 9.64 Å². The van der Waals surface area contributed by atoms with E-state index < -0.39 is 11.9 Å². The fourth-order valence-electron chi connectivity index (χ4n) is 3.84. The molecule has 1 aliphatic rings. The Morgan fingerprint density at radius 2 is 1.76 bits per heavy atom. The summed E-state index contributed by atoms with van der Waals surface area (Å²) in [6, 6.07) is 19.7. The van der Waals surface area contributed by atoms with E-state index in [4.69, 9.17) is 16.3 Å². The molecule has 1 heterocycles. The number of hydrogen-bond acceptors (Lipinski definition) is 4. The van der Waals surface area contributed by atoms with Crippen molar-refractivity contribution in [3.8, 4) is 5.75 Å². The summed E-state index contributed by atoms with van der Waals surface area (Å²) < 4.78 is 19.6. The summed E-state index contributed by atoms with van der Waals surface area (Å²) in [5.41, 5.74) is 2.06. The Balaban J connectivity index is 1.58. The first-order valence-electron chi connectivity index (χ1n) is 10.7. The predicted molar refractivity (Wildman–Crippen MR) is 129 cm³/mol. The molecular weight excluding hydrogens is 457 g/mol. The van der Waals surface area contributed by atoms with Crippen molar-refractivity contribution in [1.82, 2.24) is 9.91 Å². The summed E-state index contributed by atoms with van der Waals surface area (Å²) in [5.74, 6) is -0.461. The van der Waals surface area contributed by atoms with E-state index in [1.807, 2.05) is 12.1 Å². The van der Waals surface area contributed by atoms with Crippen molar-refractivity contribution in [2.45, 2.75) is 12.5 Å². The van der Waals surface area contributed by atoms with Crippen LogP contribution < -0.4 is 4.74 Å². The van der Waals surface area contributed by atoms with Crippen LogP contribution in [0.1, 0.15) is 33.9 Å². The van der Waals surface area contributed by atoms with E-state index in [-0.39, 0.29) is 18.4 Å². The first-order chi connectivity index (χ1) is 16.4. The topological polar surface area (TPSA) is 62.2 Å². The highest BCUT2D eigenvalue weighted by molar-refractivity contribution is 6.30. The van der Waals surface area contributed by atoms with Gasteiger partial charge in [0.2, 0.25) is 0 Å². The molecule has 1 atom stereocenters. The minimum atomic E-state index is -0.441. The molecule has 0 bridgehead atoms. The lowest BCUT2D eigenvalue weighted by Crippen LogP contribution is -2.39. The highest BCUT2D eigenvalue weighted by Gasteiger charge is 2.34. The highest BCUT2D eigenvalue weighted by Crippen LogP contribution is 2.34. The largest absolute Gasteiger partial charge is 0.497 e. The molecular formula is C26H23ClFN3O3. The number of hydrogen-bond donors (Lipinski definition) is 0. The third-order valence-electron chi connectivity index (χ3n) is 5.66. The zero-order chi connectivity index (χ0) is 24.2. The summed E-state index contributed by atoms with van der Waals surface area (Å²) in [6.45, 7) is -0.191. The van der Waals surface area contributed by atoms with E-state index in [0.29, 0.717) is 34.0 Å². The maximum atomic E-state index is 14.4. The van der Waals surface area contributed by atoms with Crippen LogP contribution in [-0.4, -0.2) is 48.1 Å². The number of likely N-dealkylation sites (N-methyl/N-ethyl adjacent to an activating group) is 1. The van der Waals surface area contributed by atoms with Crippen molar-refractivity contribution < 1.29 is 18.7 Å². The van der Waals surface area contributed by atoms with Crippen molar-refractivity contribution >= 4 is 29.1 Å². The van der Waals surface area contributed by atoms with E-state index in [2.05, 4.69) is 5.10 Å².